The summed E-state index contributed by atoms with van der Waals surface area (Å²) in [5, 5.41) is 15.2. The van der Waals surface area contributed by atoms with Gasteiger partial charge in [-0.15, -0.1) is 0 Å². The fourth-order valence-corrected chi connectivity index (χ4v) is 3.89. The molecule has 3 aromatic rings. The van der Waals surface area contributed by atoms with Gasteiger partial charge in [-0.25, -0.2) is 0 Å². The lowest BCUT2D eigenvalue weighted by molar-refractivity contribution is -0.385. The van der Waals surface area contributed by atoms with Gasteiger partial charge in [0.25, 0.3) is 11.6 Å². The zero-order chi connectivity index (χ0) is 21.1. The van der Waals surface area contributed by atoms with Crippen molar-refractivity contribution in [1.82, 2.24) is 20.0 Å². The molecule has 1 aliphatic rings. The smallest absolute Gasteiger partial charge is 0.269 e. The molecule has 0 aliphatic carbocycles. The number of piperidine rings is 1. The maximum Gasteiger partial charge on any atom is 0.269 e. The summed E-state index contributed by atoms with van der Waals surface area (Å²) >= 11 is 0. The first-order valence-corrected chi connectivity index (χ1v) is 9.81. The number of non-ortho nitro benzene ring substituents is 1. The van der Waals surface area contributed by atoms with E-state index in [4.69, 9.17) is 9.26 Å². The molecular formula is C21H23N5O4. The fourth-order valence-electron chi connectivity index (χ4n) is 3.89. The van der Waals surface area contributed by atoms with Crippen LogP contribution >= 0.6 is 0 Å². The lowest BCUT2D eigenvalue weighted by Crippen LogP contribution is -2.44. The molecule has 0 spiro atoms. The summed E-state index contributed by atoms with van der Waals surface area (Å²) < 4.78 is 11.4. The van der Waals surface area contributed by atoms with Crippen molar-refractivity contribution in [1.29, 1.82) is 0 Å². The van der Waals surface area contributed by atoms with E-state index in [1.807, 2.05) is 24.3 Å². The largest absolute Gasteiger partial charge is 0.368 e. The summed E-state index contributed by atoms with van der Waals surface area (Å²) in [6.45, 7) is 3.53. The number of hydrogen-bond acceptors (Lipinski definition) is 8. The molecule has 0 bridgehead atoms. The van der Waals surface area contributed by atoms with Crippen LogP contribution in [0.2, 0.25) is 0 Å². The van der Waals surface area contributed by atoms with Gasteiger partial charge in [0, 0.05) is 44.6 Å². The van der Waals surface area contributed by atoms with Gasteiger partial charge in [-0.1, -0.05) is 23.4 Å². The summed E-state index contributed by atoms with van der Waals surface area (Å²) in [6, 6.07) is 12.4. The number of nitro groups is 1. The molecule has 1 aliphatic heterocycles. The van der Waals surface area contributed by atoms with Crippen molar-refractivity contribution in [2.24, 2.45) is 0 Å². The molecule has 9 nitrogen and oxygen atoms in total. The molecule has 4 rings (SSSR count). The summed E-state index contributed by atoms with van der Waals surface area (Å²) in [4.78, 5) is 21.8. The molecule has 3 heterocycles. The van der Waals surface area contributed by atoms with Crippen LogP contribution in [-0.2, 0) is 10.3 Å². The molecule has 1 unspecified atom stereocenters. The number of likely N-dealkylation sites (tertiary alicyclic amines) is 1. The van der Waals surface area contributed by atoms with Crippen LogP contribution in [0.5, 0.6) is 0 Å². The van der Waals surface area contributed by atoms with Crippen LogP contribution in [0.15, 0.2) is 53.2 Å². The average molecular weight is 409 g/mol. The number of nitrogens with zero attached hydrogens (tertiary/aromatic N) is 5. The van der Waals surface area contributed by atoms with Gasteiger partial charge in [0.1, 0.15) is 11.3 Å². The van der Waals surface area contributed by atoms with Crippen molar-refractivity contribution >= 4 is 5.69 Å². The Labute approximate surface area is 173 Å². The van der Waals surface area contributed by atoms with E-state index in [1.54, 1.807) is 25.4 Å². The van der Waals surface area contributed by atoms with Gasteiger partial charge >= 0.3 is 0 Å². The van der Waals surface area contributed by atoms with Crippen LogP contribution in [0.25, 0.3) is 11.5 Å². The summed E-state index contributed by atoms with van der Waals surface area (Å²) in [5.74, 6) is 0.891. The van der Waals surface area contributed by atoms with Gasteiger partial charge in [0.15, 0.2) is 0 Å². The Balaban J connectivity index is 1.49. The highest BCUT2D eigenvalue weighted by molar-refractivity contribution is 5.47. The summed E-state index contributed by atoms with van der Waals surface area (Å²) in [7, 11) is 1.66. The van der Waals surface area contributed by atoms with E-state index in [9.17, 15) is 10.1 Å². The lowest BCUT2D eigenvalue weighted by Gasteiger charge is -2.40. The van der Waals surface area contributed by atoms with Gasteiger partial charge in [-0.3, -0.25) is 20.0 Å². The summed E-state index contributed by atoms with van der Waals surface area (Å²) in [5.41, 5.74) is 1.02. The van der Waals surface area contributed by atoms with Crippen LogP contribution < -0.4 is 0 Å². The zero-order valence-electron chi connectivity index (χ0n) is 16.9. The number of methoxy groups -OCH3 is 1. The molecule has 1 saturated heterocycles. The van der Waals surface area contributed by atoms with Crippen LogP contribution in [0.4, 0.5) is 5.69 Å². The van der Waals surface area contributed by atoms with Crippen LogP contribution in [0, 0.1) is 10.1 Å². The van der Waals surface area contributed by atoms with Crippen molar-refractivity contribution in [2.75, 3.05) is 20.2 Å². The average Bonchev–Trinajstić information content (AvgIpc) is 3.30. The molecule has 9 heteroatoms. The Bertz CT molecular complexity index is 1020. The predicted octanol–water partition coefficient (Wildman–Crippen LogP) is 3.74. The minimum atomic E-state index is -0.654. The van der Waals surface area contributed by atoms with Crippen LogP contribution in [0.1, 0.15) is 37.3 Å². The van der Waals surface area contributed by atoms with E-state index in [0.717, 1.165) is 18.7 Å². The number of aromatic nitrogens is 3. The number of nitro benzene ring substituents is 1. The predicted molar refractivity (Wildman–Crippen MR) is 109 cm³/mol. The van der Waals surface area contributed by atoms with Gasteiger partial charge in [-0.05, 0) is 37.5 Å². The van der Waals surface area contributed by atoms with E-state index >= 15 is 0 Å². The summed E-state index contributed by atoms with van der Waals surface area (Å²) in [6.07, 6.45) is 3.03. The van der Waals surface area contributed by atoms with E-state index in [2.05, 4.69) is 26.9 Å². The number of hydrogen-bond donors (Lipinski definition) is 0. The van der Waals surface area contributed by atoms with Crippen LogP contribution in [0.3, 0.4) is 0 Å². The Kier molecular flexibility index (Phi) is 5.56. The van der Waals surface area contributed by atoms with Crippen molar-refractivity contribution in [2.45, 2.75) is 31.4 Å². The first kappa shape index (κ1) is 20.1. The first-order chi connectivity index (χ1) is 14.5. The number of rotatable bonds is 6. The SMILES string of the molecule is COC1(c2nc(-c3ccccn3)no2)CCN(C(C)c2cccc([N+](=O)[O-])c2)CC1. The molecular weight excluding hydrogens is 386 g/mol. The fraction of sp³-hybridized carbons (Fsp3) is 0.381. The molecule has 0 amide bonds. The quantitative estimate of drug-likeness (QED) is 0.448. The van der Waals surface area contributed by atoms with Gasteiger partial charge in [0.05, 0.1) is 4.92 Å². The monoisotopic (exact) mass is 409 g/mol. The van der Waals surface area contributed by atoms with E-state index in [-0.39, 0.29) is 16.7 Å². The molecule has 0 saturated carbocycles. The molecule has 1 fully saturated rings. The highest BCUT2D eigenvalue weighted by Gasteiger charge is 2.42. The molecule has 1 aromatic carbocycles. The van der Waals surface area contributed by atoms with Crippen molar-refractivity contribution in [3.05, 3.63) is 70.2 Å². The minimum Gasteiger partial charge on any atom is -0.368 e. The molecule has 0 N–H and O–H groups in total. The van der Waals surface area contributed by atoms with Gasteiger partial charge in [0.2, 0.25) is 5.82 Å². The van der Waals surface area contributed by atoms with E-state index < -0.39 is 5.60 Å². The molecule has 1 atom stereocenters. The third kappa shape index (κ3) is 3.81. The third-order valence-electron chi connectivity index (χ3n) is 5.82. The molecule has 2 aromatic heterocycles. The molecule has 30 heavy (non-hydrogen) atoms. The molecule has 0 radical (unpaired) electrons. The second-order valence-electron chi connectivity index (χ2n) is 7.40. The van der Waals surface area contributed by atoms with Crippen LogP contribution in [-0.4, -0.2) is 45.1 Å². The van der Waals surface area contributed by atoms with Crippen molar-refractivity contribution in [3.63, 3.8) is 0 Å². The standard InChI is InChI=1S/C21H23N5O4/c1-15(16-6-5-7-17(14-16)26(27)28)25-12-9-21(29-2,10-13-25)20-23-19(24-30-20)18-8-3-4-11-22-18/h3-8,11,14-15H,9-10,12-13H2,1-2H3. The zero-order valence-corrected chi connectivity index (χ0v) is 16.9. The van der Waals surface area contributed by atoms with Crippen molar-refractivity contribution < 1.29 is 14.2 Å². The van der Waals surface area contributed by atoms with E-state index in [0.29, 0.717) is 30.3 Å². The Morgan fingerprint density at radius 3 is 2.70 bits per heavy atom. The maximum atomic E-state index is 11.1. The lowest BCUT2D eigenvalue weighted by atomic mass is 9.89. The highest BCUT2D eigenvalue weighted by atomic mass is 16.6. The number of pyridine rings is 1. The highest BCUT2D eigenvalue weighted by Crippen LogP contribution is 2.38. The minimum absolute atomic E-state index is 0.0477. The van der Waals surface area contributed by atoms with Crippen molar-refractivity contribution in [3.8, 4) is 11.5 Å². The topological polar surface area (TPSA) is 107 Å². The molecule has 156 valence electrons. The second-order valence-corrected chi connectivity index (χ2v) is 7.40. The Hall–Kier alpha value is -3.17. The maximum absolute atomic E-state index is 11.1. The normalized spacial score (nSPS) is 17.5. The second kappa shape index (κ2) is 8.29. The number of benzene rings is 1. The Morgan fingerprint density at radius 1 is 1.23 bits per heavy atom. The van der Waals surface area contributed by atoms with Gasteiger partial charge in [-0.2, -0.15) is 4.98 Å². The van der Waals surface area contributed by atoms with Gasteiger partial charge < -0.3 is 9.26 Å². The number of ether oxygens (including phenoxy) is 1. The third-order valence-corrected chi connectivity index (χ3v) is 5.82. The Morgan fingerprint density at radius 2 is 2.03 bits per heavy atom. The van der Waals surface area contributed by atoms with E-state index in [1.165, 1.54) is 6.07 Å². The first-order valence-electron chi connectivity index (χ1n) is 9.81.